The molecule has 0 aromatic rings. The molecule has 1 heterocycles. The van der Waals surface area contributed by atoms with Crippen molar-refractivity contribution < 1.29 is 5.11 Å². The van der Waals surface area contributed by atoms with Crippen LogP contribution >= 0.6 is 0 Å². The highest BCUT2D eigenvalue weighted by molar-refractivity contribution is 4.85. The molecule has 94 valence electrons. The Morgan fingerprint density at radius 2 is 1.94 bits per heavy atom. The van der Waals surface area contributed by atoms with Gasteiger partial charge in [-0.15, -0.1) is 0 Å². The second-order valence-corrected chi connectivity index (χ2v) is 5.25. The molecule has 0 aromatic carbocycles. The molecule has 0 radical (unpaired) electrons. The zero-order chi connectivity index (χ0) is 11.2. The maximum absolute atomic E-state index is 9.17. The highest BCUT2D eigenvalue weighted by Crippen LogP contribution is 2.25. The summed E-state index contributed by atoms with van der Waals surface area (Å²) in [6.07, 6.45) is 9.18. The second kappa shape index (κ2) is 6.58. The van der Waals surface area contributed by atoms with Gasteiger partial charge in [0.2, 0.25) is 0 Å². The van der Waals surface area contributed by atoms with E-state index in [2.05, 4.69) is 10.2 Å². The number of aliphatic hydroxyl groups excluding tert-OH is 1. The highest BCUT2D eigenvalue weighted by atomic mass is 16.3. The van der Waals surface area contributed by atoms with Crippen LogP contribution in [0.15, 0.2) is 0 Å². The van der Waals surface area contributed by atoms with E-state index in [4.69, 9.17) is 0 Å². The van der Waals surface area contributed by atoms with Crippen LogP contribution in [0.1, 0.15) is 44.9 Å². The Labute approximate surface area is 99.2 Å². The van der Waals surface area contributed by atoms with Gasteiger partial charge in [0, 0.05) is 25.2 Å². The lowest BCUT2D eigenvalue weighted by Crippen LogP contribution is -2.47. The summed E-state index contributed by atoms with van der Waals surface area (Å²) < 4.78 is 0. The molecule has 1 unspecified atom stereocenters. The van der Waals surface area contributed by atoms with Crippen LogP contribution in [-0.4, -0.2) is 48.3 Å². The number of nitrogens with one attached hydrogen (secondary N) is 1. The number of nitrogens with zero attached hydrogens (tertiary/aromatic N) is 1. The Morgan fingerprint density at radius 3 is 2.69 bits per heavy atom. The van der Waals surface area contributed by atoms with E-state index in [1.54, 1.807) is 0 Å². The van der Waals surface area contributed by atoms with E-state index in [1.807, 2.05) is 0 Å². The van der Waals surface area contributed by atoms with Gasteiger partial charge in [-0.2, -0.15) is 0 Å². The Morgan fingerprint density at radius 1 is 1.12 bits per heavy atom. The first kappa shape index (κ1) is 12.3. The van der Waals surface area contributed by atoms with Gasteiger partial charge < -0.3 is 10.4 Å². The maximum Gasteiger partial charge on any atom is 0.0446 e. The largest absolute Gasteiger partial charge is 0.396 e. The molecule has 2 N–H and O–H groups in total. The van der Waals surface area contributed by atoms with E-state index < -0.39 is 0 Å². The molecule has 1 saturated carbocycles. The standard InChI is InChI=1S/C13H26N2O/c16-10-7-13-11-14-8-4-9-15(13)12-5-2-1-3-6-12/h12-14,16H,1-11H2. The average Bonchev–Trinajstić information content (AvgIpc) is 2.56. The predicted molar refractivity (Wildman–Crippen MR) is 66.6 cm³/mol. The van der Waals surface area contributed by atoms with Crippen LogP contribution in [-0.2, 0) is 0 Å². The Bertz CT molecular complexity index is 192. The van der Waals surface area contributed by atoms with Crippen molar-refractivity contribution in [1.82, 2.24) is 10.2 Å². The zero-order valence-corrected chi connectivity index (χ0v) is 10.3. The van der Waals surface area contributed by atoms with E-state index in [-0.39, 0.29) is 0 Å². The minimum atomic E-state index is 0.329. The summed E-state index contributed by atoms with van der Waals surface area (Å²) in [6.45, 7) is 3.76. The molecule has 0 amide bonds. The van der Waals surface area contributed by atoms with Crippen LogP contribution < -0.4 is 5.32 Å². The summed E-state index contributed by atoms with van der Waals surface area (Å²) in [5.41, 5.74) is 0. The molecular formula is C13H26N2O. The van der Waals surface area contributed by atoms with Crippen molar-refractivity contribution in [2.24, 2.45) is 0 Å². The summed E-state index contributed by atoms with van der Waals surface area (Å²) in [5.74, 6) is 0. The number of rotatable bonds is 3. The van der Waals surface area contributed by atoms with Gasteiger partial charge in [-0.3, -0.25) is 4.90 Å². The lowest BCUT2D eigenvalue weighted by atomic mass is 9.92. The molecule has 2 rings (SSSR count). The Kier molecular flexibility index (Phi) is 5.07. The molecule has 0 spiro atoms. The fourth-order valence-corrected chi connectivity index (χ4v) is 3.27. The van der Waals surface area contributed by atoms with Gasteiger partial charge in [0.25, 0.3) is 0 Å². The monoisotopic (exact) mass is 226 g/mol. The lowest BCUT2D eigenvalue weighted by molar-refractivity contribution is 0.0944. The first-order valence-electron chi connectivity index (χ1n) is 6.99. The third kappa shape index (κ3) is 3.19. The van der Waals surface area contributed by atoms with Crippen molar-refractivity contribution in [2.45, 2.75) is 57.0 Å². The first-order chi connectivity index (χ1) is 7.92. The van der Waals surface area contributed by atoms with Gasteiger partial charge in [-0.05, 0) is 38.8 Å². The first-order valence-corrected chi connectivity index (χ1v) is 6.99. The lowest BCUT2D eigenvalue weighted by Gasteiger charge is -2.38. The van der Waals surface area contributed by atoms with Crippen LogP contribution in [0.25, 0.3) is 0 Å². The third-order valence-electron chi connectivity index (χ3n) is 4.12. The highest BCUT2D eigenvalue weighted by Gasteiger charge is 2.28. The topological polar surface area (TPSA) is 35.5 Å². The normalized spacial score (nSPS) is 30.2. The molecule has 1 saturated heterocycles. The van der Waals surface area contributed by atoms with Crippen LogP contribution in [0, 0.1) is 0 Å². The summed E-state index contributed by atoms with van der Waals surface area (Å²) in [7, 11) is 0. The Hall–Kier alpha value is -0.120. The SMILES string of the molecule is OCCC1CNCCCN1C1CCCCC1. The number of hydrogen-bond acceptors (Lipinski definition) is 3. The summed E-state index contributed by atoms with van der Waals surface area (Å²) in [6, 6.07) is 1.36. The van der Waals surface area contributed by atoms with Crippen molar-refractivity contribution >= 4 is 0 Å². The minimum absolute atomic E-state index is 0.329. The van der Waals surface area contributed by atoms with Gasteiger partial charge in [0.15, 0.2) is 0 Å². The minimum Gasteiger partial charge on any atom is -0.396 e. The van der Waals surface area contributed by atoms with Crippen LogP contribution in [0.4, 0.5) is 0 Å². The van der Waals surface area contributed by atoms with E-state index in [0.29, 0.717) is 12.6 Å². The smallest absolute Gasteiger partial charge is 0.0446 e. The number of aliphatic hydroxyl groups is 1. The second-order valence-electron chi connectivity index (χ2n) is 5.25. The van der Waals surface area contributed by atoms with E-state index in [0.717, 1.165) is 25.6 Å². The van der Waals surface area contributed by atoms with Crippen molar-refractivity contribution in [2.75, 3.05) is 26.2 Å². The average molecular weight is 226 g/mol. The van der Waals surface area contributed by atoms with Gasteiger partial charge in [-0.1, -0.05) is 19.3 Å². The molecule has 16 heavy (non-hydrogen) atoms. The predicted octanol–water partition coefficient (Wildman–Crippen LogP) is 1.37. The molecule has 1 atom stereocenters. The van der Waals surface area contributed by atoms with Crippen molar-refractivity contribution in [3.8, 4) is 0 Å². The fourth-order valence-electron chi connectivity index (χ4n) is 3.27. The molecule has 3 nitrogen and oxygen atoms in total. The van der Waals surface area contributed by atoms with Gasteiger partial charge in [-0.25, -0.2) is 0 Å². The summed E-state index contributed by atoms with van der Waals surface area (Å²) in [5, 5.41) is 12.7. The van der Waals surface area contributed by atoms with Gasteiger partial charge >= 0.3 is 0 Å². The van der Waals surface area contributed by atoms with Gasteiger partial charge in [0.05, 0.1) is 0 Å². The third-order valence-corrected chi connectivity index (χ3v) is 4.12. The van der Waals surface area contributed by atoms with Crippen molar-refractivity contribution in [3.63, 3.8) is 0 Å². The summed E-state index contributed by atoms with van der Waals surface area (Å²) in [4.78, 5) is 2.69. The molecular weight excluding hydrogens is 200 g/mol. The van der Waals surface area contributed by atoms with Crippen LogP contribution in [0.5, 0.6) is 0 Å². The molecule has 3 heteroatoms. The number of hydrogen-bond donors (Lipinski definition) is 2. The molecule has 2 fully saturated rings. The summed E-state index contributed by atoms with van der Waals surface area (Å²) >= 11 is 0. The quantitative estimate of drug-likeness (QED) is 0.763. The molecule has 0 bridgehead atoms. The van der Waals surface area contributed by atoms with Gasteiger partial charge in [0.1, 0.15) is 0 Å². The molecule has 1 aliphatic heterocycles. The van der Waals surface area contributed by atoms with Crippen molar-refractivity contribution in [3.05, 3.63) is 0 Å². The molecule has 2 aliphatic rings. The van der Waals surface area contributed by atoms with E-state index >= 15 is 0 Å². The van der Waals surface area contributed by atoms with Crippen LogP contribution in [0.2, 0.25) is 0 Å². The fraction of sp³-hybridized carbons (Fsp3) is 1.00. The van der Waals surface area contributed by atoms with E-state index in [1.165, 1.54) is 45.1 Å². The molecule has 0 aromatic heterocycles. The maximum atomic E-state index is 9.17. The van der Waals surface area contributed by atoms with E-state index in [9.17, 15) is 5.11 Å². The zero-order valence-electron chi connectivity index (χ0n) is 10.3. The Balaban J connectivity index is 1.94. The van der Waals surface area contributed by atoms with Crippen molar-refractivity contribution in [1.29, 1.82) is 0 Å². The van der Waals surface area contributed by atoms with Crippen LogP contribution in [0.3, 0.4) is 0 Å². The molecule has 1 aliphatic carbocycles.